The van der Waals surface area contributed by atoms with Gasteiger partial charge in [-0.3, -0.25) is 0 Å². The molecule has 0 aromatic carbocycles. The van der Waals surface area contributed by atoms with Gasteiger partial charge in [-0.15, -0.1) is 0 Å². The monoisotopic (exact) mass is 339 g/mol. The summed E-state index contributed by atoms with van der Waals surface area (Å²) in [6.07, 6.45) is 1.66. The van der Waals surface area contributed by atoms with Crippen LogP contribution in [0.15, 0.2) is 16.7 Å². The van der Waals surface area contributed by atoms with Crippen LogP contribution in [0.4, 0.5) is 4.39 Å². The average molecular weight is 339 g/mol. The van der Waals surface area contributed by atoms with Crippen LogP contribution in [0.1, 0.15) is 0 Å². The van der Waals surface area contributed by atoms with Crippen LogP contribution in [0.3, 0.4) is 0 Å². The van der Waals surface area contributed by atoms with Crippen LogP contribution in [0.5, 0.6) is 0 Å². The van der Waals surface area contributed by atoms with E-state index in [-0.39, 0.29) is 0 Å². The van der Waals surface area contributed by atoms with Gasteiger partial charge in [-0.2, -0.15) is 0 Å². The van der Waals surface area contributed by atoms with Crippen LogP contribution >= 0.6 is 15.9 Å². The molecule has 66 valence electrons. The predicted molar refractivity (Wildman–Crippen MR) is 54.9 cm³/mol. The van der Waals surface area contributed by atoms with Gasteiger partial charge in [0.2, 0.25) is 0 Å². The van der Waals surface area contributed by atoms with E-state index in [1.165, 1.54) is 3.58 Å². The van der Waals surface area contributed by atoms with Crippen molar-refractivity contribution in [3.8, 4) is 0 Å². The van der Waals surface area contributed by atoms with Gasteiger partial charge in [0.05, 0.1) is 0 Å². The summed E-state index contributed by atoms with van der Waals surface area (Å²) < 4.78 is 14.5. The number of pyridine rings is 1. The topological polar surface area (TPSA) is 12.9 Å². The van der Waals surface area contributed by atoms with Gasteiger partial charge in [0.1, 0.15) is 0 Å². The average Bonchev–Trinajstić information content (AvgIpc) is 1.92. The Kier molecular flexibility index (Phi) is 3.15. The van der Waals surface area contributed by atoms with E-state index in [4.69, 9.17) is 0 Å². The molecule has 0 spiro atoms. The van der Waals surface area contributed by atoms with Crippen molar-refractivity contribution in [3.63, 3.8) is 0 Å². The summed E-state index contributed by atoms with van der Waals surface area (Å²) in [5.41, 5.74) is 0. The zero-order valence-corrected chi connectivity index (χ0v) is 11.8. The molecule has 0 saturated carbocycles. The van der Waals surface area contributed by atoms with Crippen molar-refractivity contribution in [2.45, 2.75) is 14.8 Å². The molecule has 0 bridgehead atoms. The van der Waals surface area contributed by atoms with E-state index in [0.717, 1.165) is 0 Å². The molecular formula is C8H11BrFNSn. The Balaban J connectivity index is 3.14. The molecule has 1 rings (SSSR count). The van der Waals surface area contributed by atoms with Gasteiger partial charge in [0, 0.05) is 0 Å². The Morgan fingerprint density at radius 3 is 2.42 bits per heavy atom. The van der Waals surface area contributed by atoms with Crippen LogP contribution < -0.4 is 3.58 Å². The Labute approximate surface area is 84.4 Å². The molecule has 1 heterocycles. The normalized spacial score (nSPS) is 11.8. The molecule has 0 unspecified atom stereocenters. The number of aromatic nitrogens is 1. The van der Waals surface area contributed by atoms with Crippen molar-refractivity contribution in [2.24, 2.45) is 0 Å². The molecule has 0 saturated heterocycles. The predicted octanol–water partition coefficient (Wildman–Crippen LogP) is 2.53. The first-order valence-corrected chi connectivity index (χ1v) is 14.5. The maximum absolute atomic E-state index is 12.8. The first kappa shape index (κ1) is 10.4. The van der Waals surface area contributed by atoms with E-state index < -0.39 is 24.3 Å². The number of hydrogen-bond donors (Lipinski definition) is 0. The van der Waals surface area contributed by atoms with Crippen molar-refractivity contribution >= 4 is 37.9 Å². The van der Waals surface area contributed by atoms with Gasteiger partial charge >= 0.3 is 84.8 Å². The molecule has 0 amide bonds. The van der Waals surface area contributed by atoms with Gasteiger partial charge < -0.3 is 0 Å². The van der Waals surface area contributed by atoms with Crippen molar-refractivity contribution in [2.75, 3.05) is 0 Å². The molecule has 4 heteroatoms. The molecule has 1 aromatic rings. The van der Waals surface area contributed by atoms with Crippen LogP contribution in [0, 0.1) is 5.95 Å². The molecule has 0 aliphatic carbocycles. The number of hydrogen-bond acceptors (Lipinski definition) is 1. The zero-order chi connectivity index (χ0) is 9.35. The van der Waals surface area contributed by atoms with Gasteiger partial charge in [-0.25, -0.2) is 0 Å². The SMILES string of the molecule is [CH3][Sn]([CH3])([CH3])[c]1cnc(F)c(Br)c1. The van der Waals surface area contributed by atoms with Crippen LogP contribution in [0.25, 0.3) is 0 Å². The Morgan fingerprint density at radius 1 is 1.42 bits per heavy atom. The fourth-order valence-corrected chi connectivity index (χ4v) is 4.72. The Morgan fingerprint density at radius 2 is 2.00 bits per heavy atom. The standard InChI is InChI=1S/C5H2BrFN.3CH3.Sn/c6-4-2-1-3-8-5(4)7;;;;/h2-3H;3*1H3;. The first-order chi connectivity index (χ1) is 5.41. The Bertz CT molecular complexity index is 296. The van der Waals surface area contributed by atoms with E-state index in [1.54, 1.807) is 6.20 Å². The second kappa shape index (κ2) is 3.62. The third-order valence-electron chi connectivity index (χ3n) is 1.66. The fraction of sp³-hybridized carbons (Fsp3) is 0.375. The zero-order valence-electron chi connectivity index (χ0n) is 7.36. The minimum absolute atomic E-state index is 0.422. The molecule has 0 aliphatic heterocycles. The number of halogens is 2. The summed E-state index contributed by atoms with van der Waals surface area (Å²) in [4.78, 5) is 10.5. The van der Waals surface area contributed by atoms with Crippen molar-refractivity contribution < 1.29 is 4.39 Å². The Hall–Kier alpha value is 0.359. The second-order valence-electron chi connectivity index (χ2n) is 3.75. The fourth-order valence-electron chi connectivity index (χ4n) is 0.831. The van der Waals surface area contributed by atoms with Gasteiger partial charge in [-0.05, 0) is 0 Å². The summed E-state index contributed by atoms with van der Waals surface area (Å²) in [7, 11) is 0. The van der Waals surface area contributed by atoms with Gasteiger partial charge in [-0.1, -0.05) is 0 Å². The summed E-state index contributed by atoms with van der Waals surface area (Å²) in [5, 5.41) is 0. The number of rotatable bonds is 1. The first-order valence-electron chi connectivity index (χ1n) is 3.73. The molecular weight excluding hydrogens is 328 g/mol. The summed E-state index contributed by atoms with van der Waals surface area (Å²) in [5.74, 6) is -0.422. The second-order valence-corrected chi connectivity index (χ2v) is 19.1. The van der Waals surface area contributed by atoms with E-state index >= 15 is 0 Å². The molecule has 12 heavy (non-hydrogen) atoms. The molecule has 0 aliphatic rings. The third kappa shape index (κ3) is 2.42. The van der Waals surface area contributed by atoms with Crippen LogP contribution in [0.2, 0.25) is 14.8 Å². The minimum atomic E-state index is -2.05. The molecule has 0 fully saturated rings. The molecule has 1 nitrogen and oxygen atoms in total. The van der Waals surface area contributed by atoms with Crippen molar-refractivity contribution in [1.82, 2.24) is 4.98 Å². The van der Waals surface area contributed by atoms with E-state index in [0.29, 0.717) is 4.47 Å². The van der Waals surface area contributed by atoms with E-state index in [9.17, 15) is 4.39 Å². The number of nitrogens with zero attached hydrogens (tertiary/aromatic N) is 1. The van der Waals surface area contributed by atoms with Crippen LogP contribution in [-0.4, -0.2) is 23.4 Å². The summed E-state index contributed by atoms with van der Waals surface area (Å²) >= 11 is 1.09. The molecule has 0 N–H and O–H groups in total. The molecule has 0 atom stereocenters. The third-order valence-corrected chi connectivity index (χ3v) is 7.94. The van der Waals surface area contributed by atoms with Gasteiger partial charge in [0.15, 0.2) is 0 Å². The van der Waals surface area contributed by atoms with Crippen molar-refractivity contribution in [3.05, 3.63) is 22.7 Å². The van der Waals surface area contributed by atoms with Gasteiger partial charge in [0.25, 0.3) is 0 Å². The maximum atomic E-state index is 12.8. The quantitative estimate of drug-likeness (QED) is 0.566. The molecule has 1 aromatic heterocycles. The van der Waals surface area contributed by atoms with E-state index in [2.05, 4.69) is 35.7 Å². The van der Waals surface area contributed by atoms with Crippen LogP contribution in [-0.2, 0) is 0 Å². The van der Waals surface area contributed by atoms with Crippen molar-refractivity contribution in [1.29, 1.82) is 0 Å². The summed E-state index contributed by atoms with van der Waals surface area (Å²) in [6.45, 7) is 0. The molecule has 0 radical (unpaired) electrons. The van der Waals surface area contributed by atoms with E-state index in [1.807, 2.05) is 6.07 Å². The summed E-state index contributed by atoms with van der Waals surface area (Å²) in [6, 6.07) is 1.86.